The van der Waals surface area contributed by atoms with Crippen LogP contribution in [0.5, 0.6) is 5.75 Å². The molecule has 16 heavy (non-hydrogen) atoms. The summed E-state index contributed by atoms with van der Waals surface area (Å²) < 4.78 is 18.2. The zero-order valence-corrected chi connectivity index (χ0v) is 8.86. The highest BCUT2D eigenvalue weighted by atomic mass is 19.1. The number of hydrogen-bond donors (Lipinski definition) is 1. The number of benzene rings is 1. The molecule has 0 unspecified atom stereocenters. The van der Waals surface area contributed by atoms with Crippen LogP contribution in [0.25, 0.3) is 0 Å². The lowest BCUT2D eigenvalue weighted by atomic mass is 10.1. The Bertz CT molecular complexity index is 428. The normalized spacial score (nSPS) is 11.9. The molecule has 0 aliphatic carbocycles. The summed E-state index contributed by atoms with van der Waals surface area (Å²) in [5.41, 5.74) is -0.0460. The van der Waals surface area contributed by atoms with Crippen molar-refractivity contribution in [2.45, 2.75) is 20.0 Å². The molecule has 0 fully saturated rings. The largest absolute Gasteiger partial charge is 0.479 e. The summed E-state index contributed by atoms with van der Waals surface area (Å²) in [6, 6.07) is 3.62. The number of aliphatic carboxylic acids is 1. The molecule has 1 atom stereocenters. The number of carboxylic acid groups (broad SMARTS) is 1. The Morgan fingerprint density at radius 3 is 2.50 bits per heavy atom. The number of carboxylic acids is 1. The van der Waals surface area contributed by atoms with E-state index in [1.54, 1.807) is 0 Å². The minimum Gasteiger partial charge on any atom is -0.479 e. The second kappa shape index (κ2) is 4.74. The smallest absolute Gasteiger partial charge is 0.344 e. The van der Waals surface area contributed by atoms with Gasteiger partial charge in [0.1, 0.15) is 11.6 Å². The number of carbonyl (C=O) groups excluding carboxylic acids is 1. The second-order valence-corrected chi connectivity index (χ2v) is 3.30. The minimum absolute atomic E-state index is 0.0460. The van der Waals surface area contributed by atoms with Gasteiger partial charge in [0.25, 0.3) is 0 Å². The van der Waals surface area contributed by atoms with Gasteiger partial charge in [0, 0.05) is 6.07 Å². The molecule has 0 saturated heterocycles. The molecule has 0 aromatic heterocycles. The van der Waals surface area contributed by atoms with Crippen LogP contribution < -0.4 is 4.74 Å². The van der Waals surface area contributed by atoms with Crippen LogP contribution in [0.2, 0.25) is 0 Å². The average molecular weight is 226 g/mol. The van der Waals surface area contributed by atoms with Crippen molar-refractivity contribution in [3.8, 4) is 5.75 Å². The molecule has 1 aromatic rings. The predicted octanol–water partition coefficient (Wildman–Crippen LogP) is 1.88. The second-order valence-electron chi connectivity index (χ2n) is 3.30. The number of carbonyl (C=O) groups is 2. The first-order chi connectivity index (χ1) is 7.41. The van der Waals surface area contributed by atoms with E-state index < -0.39 is 23.7 Å². The Morgan fingerprint density at radius 1 is 1.44 bits per heavy atom. The third kappa shape index (κ3) is 2.79. The van der Waals surface area contributed by atoms with Crippen LogP contribution in [-0.4, -0.2) is 23.0 Å². The Hall–Kier alpha value is -1.91. The lowest BCUT2D eigenvalue weighted by molar-refractivity contribution is -0.144. The molecule has 1 N–H and O–H groups in total. The van der Waals surface area contributed by atoms with Gasteiger partial charge in [-0.05, 0) is 26.0 Å². The molecular formula is C11H11FO4. The summed E-state index contributed by atoms with van der Waals surface area (Å²) >= 11 is 0. The molecule has 0 bridgehead atoms. The maximum atomic E-state index is 13.3. The summed E-state index contributed by atoms with van der Waals surface area (Å²) in [4.78, 5) is 21.4. The van der Waals surface area contributed by atoms with Gasteiger partial charge in [-0.1, -0.05) is 0 Å². The molecule has 0 spiro atoms. The van der Waals surface area contributed by atoms with Crippen molar-refractivity contribution < 1.29 is 23.8 Å². The lowest BCUT2D eigenvalue weighted by Gasteiger charge is -2.10. The molecule has 0 heterocycles. The number of rotatable bonds is 4. The third-order valence-corrected chi connectivity index (χ3v) is 1.98. The fourth-order valence-electron chi connectivity index (χ4n) is 1.11. The molecule has 0 radical (unpaired) electrons. The first-order valence-electron chi connectivity index (χ1n) is 4.61. The summed E-state index contributed by atoms with van der Waals surface area (Å²) in [5, 5.41) is 8.58. The van der Waals surface area contributed by atoms with Gasteiger partial charge in [0.05, 0.1) is 5.56 Å². The summed E-state index contributed by atoms with van der Waals surface area (Å²) in [7, 11) is 0. The van der Waals surface area contributed by atoms with Crippen LogP contribution in [0.4, 0.5) is 4.39 Å². The highest BCUT2D eigenvalue weighted by molar-refractivity contribution is 5.94. The molecule has 1 rings (SSSR count). The third-order valence-electron chi connectivity index (χ3n) is 1.98. The van der Waals surface area contributed by atoms with Gasteiger partial charge in [0.15, 0.2) is 11.9 Å². The topological polar surface area (TPSA) is 63.6 Å². The number of halogens is 1. The van der Waals surface area contributed by atoms with Crippen molar-refractivity contribution in [3.63, 3.8) is 0 Å². The van der Waals surface area contributed by atoms with Crippen LogP contribution in [-0.2, 0) is 4.79 Å². The number of ether oxygens (including phenoxy) is 1. The summed E-state index contributed by atoms with van der Waals surface area (Å²) in [6.45, 7) is 2.58. The number of Topliss-reactive ketones (excluding diaryl/α,β-unsaturated/α-hetero) is 1. The highest BCUT2D eigenvalue weighted by Crippen LogP contribution is 2.18. The fraction of sp³-hybridized carbons (Fsp3) is 0.273. The summed E-state index contributed by atoms with van der Waals surface area (Å²) in [5.74, 6) is -2.17. The van der Waals surface area contributed by atoms with Gasteiger partial charge < -0.3 is 9.84 Å². The predicted molar refractivity (Wildman–Crippen MR) is 54.1 cm³/mol. The van der Waals surface area contributed by atoms with Gasteiger partial charge in [-0.15, -0.1) is 0 Å². The van der Waals surface area contributed by atoms with Gasteiger partial charge >= 0.3 is 5.97 Å². The van der Waals surface area contributed by atoms with Gasteiger partial charge in [-0.3, -0.25) is 4.79 Å². The van der Waals surface area contributed by atoms with Crippen molar-refractivity contribution in [3.05, 3.63) is 29.6 Å². The van der Waals surface area contributed by atoms with E-state index in [1.165, 1.54) is 26.0 Å². The van der Waals surface area contributed by atoms with E-state index in [0.717, 1.165) is 6.07 Å². The zero-order valence-electron chi connectivity index (χ0n) is 8.86. The van der Waals surface area contributed by atoms with E-state index in [9.17, 15) is 14.0 Å². The average Bonchev–Trinajstić information content (AvgIpc) is 2.16. The van der Waals surface area contributed by atoms with Crippen molar-refractivity contribution in [1.29, 1.82) is 0 Å². The molecule has 1 aromatic carbocycles. The van der Waals surface area contributed by atoms with Crippen molar-refractivity contribution in [2.75, 3.05) is 0 Å². The minimum atomic E-state index is -1.14. The zero-order chi connectivity index (χ0) is 12.3. The molecule has 0 amide bonds. The molecule has 0 aliphatic heterocycles. The van der Waals surface area contributed by atoms with Crippen LogP contribution >= 0.6 is 0 Å². The summed E-state index contributed by atoms with van der Waals surface area (Å²) in [6.07, 6.45) is -1.07. The SMILES string of the molecule is CC(=O)c1ccc(O[C@@H](C)C(=O)O)cc1F. The van der Waals surface area contributed by atoms with E-state index in [2.05, 4.69) is 0 Å². The molecular weight excluding hydrogens is 215 g/mol. The Balaban J connectivity index is 2.89. The van der Waals surface area contributed by atoms with Gasteiger partial charge in [0.2, 0.25) is 0 Å². The maximum Gasteiger partial charge on any atom is 0.344 e. The molecule has 0 saturated carbocycles. The Labute approximate surface area is 91.7 Å². The molecule has 5 heteroatoms. The quantitative estimate of drug-likeness (QED) is 0.796. The Morgan fingerprint density at radius 2 is 2.06 bits per heavy atom. The van der Waals surface area contributed by atoms with E-state index in [0.29, 0.717) is 0 Å². The van der Waals surface area contributed by atoms with Crippen molar-refractivity contribution >= 4 is 11.8 Å². The van der Waals surface area contributed by atoms with Crippen LogP contribution in [0, 0.1) is 5.82 Å². The maximum absolute atomic E-state index is 13.3. The van der Waals surface area contributed by atoms with Crippen LogP contribution in [0.15, 0.2) is 18.2 Å². The number of ketones is 1. The van der Waals surface area contributed by atoms with Gasteiger partial charge in [-0.2, -0.15) is 0 Å². The van der Waals surface area contributed by atoms with E-state index in [1.807, 2.05) is 0 Å². The van der Waals surface area contributed by atoms with E-state index in [-0.39, 0.29) is 11.3 Å². The van der Waals surface area contributed by atoms with Crippen LogP contribution in [0.1, 0.15) is 24.2 Å². The number of hydrogen-bond acceptors (Lipinski definition) is 3. The molecule has 4 nitrogen and oxygen atoms in total. The fourth-order valence-corrected chi connectivity index (χ4v) is 1.11. The standard InChI is InChI=1S/C11H11FO4/c1-6(13)9-4-3-8(5-10(9)12)16-7(2)11(14)15/h3-5,7H,1-2H3,(H,14,15)/t7-/m0/s1. The van der Waals surface area contributed by atoms with Crippen molar-refractivity contribution in [2.24, 2.45) is 0 Å². The van der Waals surface area contributed by atoms with Crippen molar-refractivity contribution in [1.82, 2.24) is 0 Å². The lowest BCUT2D eigenvalue weighted by Crippen LogP contribution is -2.22. The molecule has 0 aliphatic rings. The first-order valence-corrected chi connectivity index (χ1v) is 4.61. The first kappa shape index (κ1) is 12.2. The van der Waals surface area contributed by atoms with E-state index >= 15 is 0 Å². The molecule has 86 valence electrons. The monoisotopic (exact) mass is 226 g/mol. The van der Waals surface area contributed by atoms with E-state index in [4.69, 9.17) is 9.84 Å². The van der Waals surface area contributed by atoms with Gasteiger partial charge in [-0.25, -0.2) is 9.18 Å². The highest BCUT2D eigenvalue weighted by Gasteiger charge is 2.14. The van der Waals surface area contributed by atoms with Crippen LogP contribution in [0.3, 0.4) is 0 Å². The Kier molecular flexibility index (Phi) is 3.60.